The maximum absolute atomic E-state index is 12.0. The van der Waals surface area contributed by atoms with Crippen molar-refractivity contribution in [1.82, 2.24) is 5.32 Å². The first-order chi connectivity index (χ1) is 9.74. The molecule has 0 aliphatic heterocycles. The predicted molar refractivity (Wildman–Crippen MR) is 78.4 cm³/mol. The van der Waals surface area contributed by atoms with Crippen LogP contribution in [0.5, 0.6) is 5.75 Å². The fourth-order valence-electron chi connectivity index (χ4n) is 3.88. The van der Waals surface area contributed by atoms with E-state index in [1.807, 2.05) is 24.3 Å². The minimum absolute atomic E-state index is 0.207. The zero-order valence-electron chi connectivity index (χ0n) is 12.1. The van der Waals surface area contributed by atoms with E-state index >= 15 is 0 Å². The number of methoxy groups -OCH3 is 1. The number of hydrogen-bond acceptors (Lipinski definition) is 2. The summed E-state index contributed by atoms with van der Waals surface area (Å²) in [4.78, 5) is 12.0. The minimum Gasteiger partial charge on any atom is -0.497 e. The molecule has 1 N–H and O–H groups in total. The van der Waals surface area contributed by atoms with Gasteiger partial charge in [-0.15, -0.1) is 0 Å². The Kier molecular flexibility index (Phi) is 3.95. The van der Waals surface area contributed by atoms with Crippen molar-refractivity contribution in [2.75, 3.05) is 7.11 Å². The Morgan fingerprint density at radius 2 is 2.05 bits per heavy atom. The second-order valence-electron chi connectivity index (χ2n) is 6.26. The standard InChI is InChI=1S/C17H23NO2/c1-20-16-6-3-12(4-7-16)11-18-17(19)10-15-9-13-2-5-14(15)8-13/h3-4,6-7,13-15H,2,5,8-11H2,1H3,(H,18,19)/t13-,14-,15-/m0/s1. The molecule has 2 fully saturated rings. The summed E-state index contributed by atoms with van der Waals surface area (Å²) >= 11 is 0. The molecule has 3 nitrogen and oxygen atoms in total. The van der Waals surface area contributed by atoms with Gasteiger partial charge in [-0.1, -0.05) is 18.6 Å². The van der Waals surface area contributed by atoms with Crippen molar-refractivity contribution in [3.05, 3.63) is 29.8 Å². The molecule has 0 heterocycles. The first-order valence-corrected chi connectivity index (χ1v) is 7.64. The third-order valence-corrected chi connectivity index (χ3v) is 4.98. The Morgan fingerprint density at radius 1 is 1.25 bits per heavy atom. The fraction of sp³-hybridized carbons (Fsp3) is 0.588. The lowest BCUT2D eigenvalue weighted by molar-refractivity contribution is -0.122. The average molecular weight is 273 g/mol. The van der Waals surface area contributed by atoms with Crippen molar-refractivity contribution in [2.24, 2.45) is 17.8 Å². The van der Waals surface area contributed by atoms with E-state index in [4.69, 9.17) is 4.74 Å². The van der Waals surface area contributed by atoms with Crippen LogP contribution < -0.4 is 10.1 Å². The molecule has 2 bridgehead atoms. The maximum atomic E-state index is 12.0. The molecule has 0 unspecified atom stereocenters. The Labute approximate surface area is 120 Å². The van der Waals surface area contributed by atoms with Gasteiger partial charge in [0, 0.05) is 13.0 Å². The summed E-state index contributed by atoms with van der Waals surface area (Å²) in [5, 5.41) is 3.04. The van der Waals surface area contributed by atoms with Crippen LogP contribution in [0.25, 0.3) is 0 Å². The van der Waals surface area contributed by atoms with Crippen LogP contribution >= 0.6 is 0 Å². The van der Waals surface area contributed by atoms with E-state index in [0.717, 1.165) is 29.6 Å². The van der Waals surface area contributed by atoms with Crippen LogP contribution in [0.15, 0.2) is 24.3 Å². The Bertz CT molecular complexity index is 468. The molecule has 3 rings (SSSR count). The van der Waals surface area contributed by atoms with Crippen molar-refractivity contribution >= 4 is 5.91 Å². The molecule has 20 heavy (non-hydrogen) atoms. The first kappa shape index (κ1) is 13.5. The predicted octanol–water partition coefficient (Wildman–Crippen LogP) is 3.14. The molecule has 108 valence electrons. The van der Waals surface area contributed by atoms with E-state index in [9.17, 15) is 4.79 Å². The van der Waals surface area contributed by atoms with E-state index in [2.05, 4.69) is 5.32 Å². The number of carbonyl (C=O) groups is 1. The first-order valence-electron chi connectivity index (χ1n) is 7.64. The second-order valence-corrected chi connectivity index (χ2v) is 6.26. The van der Waals surface area contributed by atoms with Crippen molar-refractivity contribution in [3.63, 3.8) is 0 Å². The smallest absolute Gasteiger partial charge is 0.220 e. The molecule has 1 aromatic rings. The van der Waals surface area contributed by atoms with Gasteiger partial charge in [0.15, 0.2) is 0 Å². The highest BCUT2D eigenvalue weighted by atomic mass is 16.5. The second kappa shape index (κ2) is 5.86. The lowest BCUT2D eigenvalue weighted by Crippen LogP contribution is -2.26. The fourth-order valence-corrected chi connectivity index (χ4v) is 3.88. The van der Waals surface area contributed by atoms with Gasteiger partial charge in [-0.3, -0.25) is 4.79 Å². The zero-order chi connectivity index (χ0) is 13.9. The van der Waals surface area contributed by atoms with Gasteiger partial charge < -0.3 is 10.1 Å². The maximum Gasteiger partial charge on any atom is 0.220 e. The van der Waals surface area contributed by atoms with Gasteiger partial charge in [0.05, 0.1) is 7.11 Å². The molecule has 1 amide bonds. The van der Waals surface area contributed by atoms with E-state index in [0.29, 0.717) is 12.5 Å². The molecule has 0 spiro atoms. The van der Waals surface area contributed by atoms with Crippen LogP contribution in [0.3, 0.4) is 0 Å². The molecule has 3 atom stereocenters. The number of amides is 1. The van der Waals surface area contributed by atoms with Crippen molar-refractivity contribution in [2.45, 2.75) is 38.6 Å². The third kappa shape index (κ3) is 2.97. The number of nitrogens with one attached hydrogen (secondary N) is 1. The largest absolute Gasteiger partial charge is 0.497 e. The summed E-state index contributed by atoms with van der Waals surface area (Å²) in [6, 6.07) is 7.85. The Morgan fingerprint density at radius 3 is 2.65 bits per heavy atom. The van der Waals surface area contributed by atoms with E-state index in [1.165, 1.54) is 25.7 Å². The number of ether oxygens (including phenoxy) is 1. The molecule has 0 aromatic heterocycles. The van der Waals surface area contributed by atoms with Crippen LogP contribution in [0.4, 0.5) is 0 Å². The monoisotopic (exact) mass is 273 g/mol. The van der Waals surface area contributed by atoms with Gasteiger partial charge in [0.2, 0.25) is 5.91 Å². The Hall–Kier alpha value is -1.51. The molecule has 0 radical (unpaired) electrons. The molecule has 2 aliphatic carbocycles. The molecule has 2 aliphatic rings. The van der Waals surface area contributed by atoms with Gasteiger partial charge in [-0.05, 0) is 54.7 Å². The van der Waals surface area contributed by atoms with Crippen molar-refractivity contribution < 1.29 is 9.53 Å². The topological polar surface area (TPSA) is 38.3 Å². The zero-order valence-corrected chi connectivity index (χ0v) is 12.1. The summed E-state index contributed by atoms with van der Waals surface area (Å²) in [5.41, 5.74) is 1.12. The van der Waals surface area contributed by atoms with E-state index < -0.39 is 0 Å². The summed E-state index contributed by atoms with van der Waals surface area (Å²) in [5.74, 6) is 3.44. The lowest BCUT2D eigenvalue weighted by Gasteiger charge is -2.20. The van der Waals surface area contributed by atoms with Crippen LogP contribution in [-0.4, -0.2) is 13.0 Å². The molecular weight excluding hydrogens is 250 g/mol. The number of fused-ring (bicyclic) bond motifs is 2. The summed E-state index contributed by atoms with van der Waals surface area (Å²) in [7, 11) is 1.66. The summed E-state index contributed by atoms with van der Waals surface area (Å²) in [6.45, 7) is 0.615. The van der Waals surface area contributed by atoms with Gasteiger partial charge in [-0.25, -0.2) is 0 Å². The van der Waals surface area contributed by atoms with Crippen LogP contribution in [0.1, 0.15) is 37.7 Å². The van der Waals surface area contributed by atoms with Crippen LogP contribution in [0.2, 0.25) is 0 Å². The highest BCUT2D eigenvalue weighted by molar-refractivity contribution is 5.76. The van der Waals surface area contributed by atoms with Crippen LogP contribution in [-0.2, 0) is 11.3 Å². The normalized spacial score (nSPS) is 27.6. The Balaban J connectivity index is 1.44. The molecule has 1 aromatic carbocycles. The van der Waals surface area contributed by atoms with E-state index in [1.54, 1.807) is 7.11 Å². The number of benzene rings is 1. The van der Waals surface area contributed by atoms with Crippen LogP contribution in [0, 0.1) is 17.8 Å². The third-order valence-electron chi connectivity index (χ3n) is 4.98. The molecule has 3 heteroatoms. The highest BCUT2D eigenvalue weighted by Crippen LogP contribution is 2.49. The number of rotatable bonds is 5. The molecule has 2 saturated carbocycles. The van der Waals surface area contributed by atoms with Crippen molar-refractivity contribution in [1.29, 1.82) is 0 Å². The molecule has 0 saturated heterocycles. The number of hydrogen-bond donors (Lipinski definition) is 1. The van der Waals surface area contributed by atoms with Gasteiger partial charge in [-0.2, -0.15) is 0 Å². The highest BCUT2D eigenvalue weighted by Gasteiger charge is 2.39. The van der Waals surface area contributed by atoms with E-state index in [-0.39, 0.29) is 5.91 Å². The quantitative estimate of drug-likeness (QED) is 0.895. The van der Waals surface area contributed by atoms with Gasteiger partial charge >= 0.3 is 0 Å². The van der Waals surface area contributed by atoms with Crippen molar-refractivity contribution in [3.8, 4) is 5.75 Å². The molecular formula is C17H23NO2. The average Bonchev–Trinajstić information content (AvgIpc) is 3.08. The minimum atomic E-state index is 0.207. The SMILES string of the molecule is COc1ccc(CNC(=O)C[C@@H]2C[C@H]3CC[C@H]2C3)cc1. The number of carbonyl (C=O) groups excluding carboxylic acids is 1. The summed E-state index contributed by atoms with van der Waals surface area (Å²) < 4.78 is 5.12. The lowest BCUT2D eigenvalue weighted by atomic mass is 9.86. The van der Waals surface area contributed by atoms with Gasteiger partial charge in [0.1, 0.15) is 5.75 Å². The van der Waals surface area contributed by atoms with Gasteiger partial charge in [0.25, 0.3) is 0 Å². The summed E-state index contributed by atoms with van der Waals surface area (Å²) in [6.07, 6.45) is 6.12.